The first kappa shape index (κ1) is 12.1. The van der Waals surface area contributed by atoms with Crippen LogP contribution in [0, 0.1) is 5.92 Å². The number of amides is 1. The Morgan fingerprint density at radius 3 is 3.05 bits per heavy atom. The van der Waals surface area contributed by atoms with Gasteiger partial charge in [0, 0.05) is 25.4 Å². The third-order valence-electron chi connectivity index (χ3n) is 3.89. The molecule has 2 aliphatic rings. The molecule has 2 heterocycles. The molecular formula is C14H18N4O. The molecule has 1 aliphatic carbocycles. The van der Waals surface area contributed by atoms with E-state index in [-0.39, 0.29) is 11.8 Å². The van der Waals surface area contributed by atoms with E-state index in [0.29, 0.717) is 12.4 Å². The van der Waals surface area contributed by atoms with Gasteiger partial charge in [-0.05, 0) is 30.9 Å². The van der Waals surface area contributed by atoms with Crippen molar-refractivity contribution < 1.29 is 4.79 Å². The van der Waals surface area contributed by atoms with Crippen molar-refractivity contribution in [3.63, 3.8) is 0 Å². The summed E-state index contributed by atoms with van der Waals surface area (Å²) in [4.78, 5) is 14.4. The summed E-state index contributed by atoms with van der Waals surface area (Å²) in [6.45, 7) is 1.36. The van der Waals surface area contributed by atoms with Gasteiger partial charge in [0.05, 0.1) is 5.69 Å². The van der Waals surface area contributed by atoms with Crippen molar-refractivity contribution in [3.8, 4) is 0 Å². The molecule has 0 saturated carbocycles. The van der Waals surface area contributed by atoms with Crippen molar-refractivity contribution >= 4 is 11.7 Å². The lowest BCUT2D eigenvalue weighted by Gasteiger charge is -2.31. The minimum Gasteiger partial charge on any atom is -0.382 e. The minimum absolute atomic E-state index is 0.152. The van der Waals surface area contributed by atoms with Crippen molar-refractivity contribution in [2.24, 2.45) is 5.92 Å². The number of hydrogen-bond acceptors (Lipinski definition) is 4. The molecule has 2 N–H and O–H groups in total. The monoisotopic (exact) mass is 258 g/mol. The third kappa shape index (κ3) is 2.45. The van der Waals surface area contributed by atoms with E-state index in [9.17, 15) is 4.79 Å². The molecule has 0 spiro atoms. The Hall–Kier alpha value is -1.91. The second-order valence-electron chi connectivity index (χ2n) is 5.23. The number of allylic oxidation sites excluding steroid dienone is 2. The predicted molar refractivity (Wildman–Crippen MR) is 72.0 cm³/mol. The fourth-order valence-electron chi connectivity index (χ4n) is 2.81. The second kappa shape index (κ2) is 4.99. The first-order chi connectivity index (χ1) is 9.24. The van der Waals surface area contributed by atoms with Crippen LogP contribution in [0.1, 0.15) is 30.5 Å². The number of hydrogen-bond donors (Lipinski definition) is 1. The van der Waals surface area contributed by atoms with Crippen molar-refractivity contribution in [1.82, 2.24) is 15.1 Å². The quantitative estimate of drug-likeness (QED) is 0.771. The molecule has 0 saturated heterocycles. The number of fused-ring (bicyclic) bond motifs is 1. The van der Waals surface area contributed by atoms with Crippen LogP contribution in [-0.4, -0.2) is 27.5 Å². The number of carbonyl (C=O) groups excluding carboxylic acids is 1. The van der Waals surface area contributed by atoms with Gasteiger partial charge in [-0.1, -0.05) is 12.2 Å². The number of nitrogens with two attached hydrogens (primary N) is 1. The highest BCUT2D eigenvalue weighted by Gasteiger charge is 2.27. The maximum absolute atomic E-state index is 12.5. The van der Waals surface area contributed by atoms with Crippen molar-refractivity contribution in [2.45, 2.75) is 32.2 Å². The summed E-state index contributed by atoms with van der Waals surface area (Å²) in [5, 5.41) is 7.97. The van der Waals surface area contributed by atoms with Crippen molar-refractivity contribution in [2.75, 3.05) is 12.3 Å². The molecule has 3 rings (SSSR count). The maximum atomic E-state index is 12.5. The highest BCUT2D eigenvalue weighted by atomic mass is 16.2. The number of aromatic nitrogens is 2. The Balaban J connectivity index is 1.74. The number of carbonyl (C=O) groups is 1. The normalized spacial score (nSPS) is 22.1. The van der Waals surface area contributed by atoms with Gasteiger partial charge in [0.1, 0.15) is 5.82 Å². The van der Waals surface area contributed by atoms with Gasteiger partial charge in [-0.3, -0.25) is 4.79 Å². The highest BCUT2D eigenvalue weighted by molar-refractivity contribution is 5.79. The molecule has 1 atom stereocenters. The lowest BCUT2D eigenvalue weighted by Crippen LogP contribution is -2.40. The zero-order valence-corrected chi connectivity index (χ0v) is 10.9. The number of nitrogens with zero attached hydrogens (tertiary/aromatic N) is 3. The molecule has 5 nitrogen and oxygen atoms in total. The molecule has 0 bridgehead atoms. The summed E-state index contributed by atoms with van der Waals surface area (Å²) in [7, 11) is 0. The van der Waals surface area contributed by atoms with Crippen LogP contribution in [0.3, 0.4) is 0 Å². The van der Waals surface area contributed by atoms with Crippen LogP contribution in [0.2, 0.25) is 0 Å². The smallest absolute Gasteiger partial charge is 0.226 e. The molecule has 1 aromatic heterocycles. The largest absolute Gasteiger partial charge is 0.382 e. The zero-order chi connectivity index (χ0) is 13.2. The van der Waals surface area contributed by atoms with Gasteiger partial charge < -0.3 is 10.6 Å². The Labute approximate surface area is 112 Å². The Morgan fingerprint density at radius 2 is 2.26 bits per heavy atom. The maximum Gasteiger partial charge on any atom is 0.226 e. The van der Waals surface area contributed by atoms with Crippen LogP contribution in [0.4, 0.5) is 5.82 Å². The Morgan fingerprint density at radius 1 is 1.37 bits per heavy atom. The van der Waals surface area contributed by atoms with E-state index in [0.717, 1.165) is 43.5 Å². The second-order valence-corrected chi connectivity index (χ2v) is 5.23. The van der Waals surface area contributed by atoms with Gasteiger partial charge in [0.25, 0.3) is 0 Å². The standard InChI is InChI=1S/C14H18N4O/c15-13-8-11-9-18(7-6-12(11)16-17-13)14(19)10-4-2-1-3-5-10/h1-2,8,10H,3-7,9H2,(H2,15,17). The first-order valence-corrected chi connectivity index (χ1v) is 6.79. The molecule has 0 aromatic carbocycles. The van der Waals surface area contributed by atoms with E-state index in [1.165, 1.54) is 0 Å². The van der Waals surface area contributed by atoms with Gasteiger partial charge in [-0.25, -0.2) is 0 Å². The molecule has 1 unspecified atom stereocenters. The van der Waals surface area contributed by atoms with Gasteiger partial charge in [-0.15, -0.1) is 5.10 Å². The van der Waals surface area contributed by atoms with Gasteiger partial charge in [0.15, 0.2) is 0 Å². The average Bonchev–Trinajstić information content (AvgIpc) is 2.46. The number of anilines is 1. The first-order valence-electron chi connectivity index (χ1n) is 6.79. The summed E-state index contributed by atoms with van der Waals surface area (Å²) >= 11 is 0. The van der Waals surface area contributed by atoms with Crippen LogP contribution in [0.5, 0.6) is 0 Å². The third-order valence-corrected chi connectivity index (χ3v) is 3.89. The average molecular weight is 258 g/mol. The van der Waals surface area contributed by atoms with E-state index in [1.807, 2.05) is 11.0 Å². The number of rotatable bonds is 1. The Kier molecular flexibility index (Phi) is 3.19. The highest BCUT2D eigenvalue weighted by Crippen LogP contribution is 2.24. The van der Waals surface area contributed by atoms with Crippen molar-refractivity contribution in [1.29, 1.82) is 0 Å². The van der Waals surface area contributed by atoms with Crippen LogP contribution in [0.15, 0.2) is 18.2 Å². The van der Waals surface area contributed by atoms with E-state index in [2.05, 4.69) is 22.3 Å². The number of nitrogen functional groups attached to an aromatic ring is 1. The van der Waals surface area contributed by atoms with Gasteiger partial charge in [0.2, 0.25) is 5.91 Å². The van der Waals surface area contributed by atoms with E-state index < -0.39 is 0 Å². The molecule has 1 amide bonds. The van der Waals surface area contributed by atoms with Crippen molar-refractivity contribution in [3.05, 3.63) is 29.5 Å². The van der Waals surface area contributed by atoms with E-state index >= 15 is 0 Å². The summed E-state index contributed by atoms with van der Waals surface area (Å²) < 4.78 is 0. The van der Waals surface area contributed by atoms with Crippen LogP contribution >= 0.6 is 0 Å². The lowest BCUT2D eigenvalue weighted by molar-refractivity contribution is -0.136. The fourth-order valence-corrected chi connectivity index (χ4v) is 2.81. The van der Waals surface area contributed by atoms with Gasteiger partial charge in [-0.2, -0.15) is 5.10 Å². The summed E-state index contributed by atoms with van der Waals surface area (Å²) in [6.07, 6.45) is 7.91. The summed E-state index contributed by atoms with van der Waals surface area (Å²) in [5.74, 6) is 0.845. The summed E-state index contributed by atoms with van der Waals surface area (Å²) in [6, 6.07) is 1.84. The molecule has 19 heavy (non-hydrogen) atoms. The minimum atomic E-state index is 0.152. The van der Waals surface area contributed by atoms with Gasteiger partial charge >= 0.3 is 0 Å². The van der Waals surface area contributed by atoms with E-state index in [1.54, 1.807) is 0 Å². The molecule has 5 heteroatoms. The lowest BCUT2D eigenvalue weighted by atomic mass is 9.92. The molecule has 0 radical (unpaired) electrons. The SMILES string of the molecule is Nc1cc2c(nn1)CCN(C(=O)C1CC=CCC1)C2. The molecular weight excluding hydrogens is 240 g/mol. The molecule has 1 aromatic rings. The van der Waals surface area contributed by atoms with Crippen LogP contribution < -0.4 is 5.73 Å². The molecule has 0 fully saturated rings. The van der Waals surface area contributed by atoms with E-state index in [4.69, 9.17) is 5.73 Å². The van der Waals surface area contributed by atoms with Crippen LogP contribution in [-0.2, 0) is 17.8 Å². The Bertz CT molecular complexity index is 526. The molecule has 100 valence electrons. The predicted octanol–water partition coefficient (Wildman–Crippen LogP) is 1.30. The fraction of sp³-hybridized carbons (Fsp3) is 0.500. The summed E-state index contributed by atoms with van der Waals surface area (Å²) in [5.41, 5.74) is 7.67. The zero-order valence-electron chi connectivity index (χ0n) is 10.9. The molecule has 1 aliphatic heterocycles. The topological polar surface area (TPSA) is 72.1 Å². The van der Waals surface area contributed by atoms with Crippen LogP contribution in [0.25, 0.3) is 0 Å².